The Hall–Kier alpha value is -3.28. The third-order valence-electron chi connectivity index (χ3n) is 4.56. The fourth-order valence-electron chi connectivity index (χ4n) is 3.13. The first-order valence-electron chi connectivity index (χ1n) is 8.84. The molecule has 0 amide bonds. The molecule has 1 aliphatic heterocycles. The summed E-state index contributed by atoms with van der Waals surface area (Å²) in [5, 5.41) is 1.17. The van der Waals surface area contributed by atoms with E-state index in [0.717, 1.165) is 11.9 Å². The van der Waals surface area contributed by atoms with Crippen LogP contribution < -0.4 is 9.47 Å². The van der Waals surface area contributed by atoms with Gasteiger partial charge in [0, 0.05) is 29.1 Å². The molecule has 1 aliphatic rings. The van der Waals surface area contributed by atoms with Crippen LogP contribution in [0, 0.1) is 0 Å². The maximum Gasteiger partial charge on any atom is 0.306 e. The van der Waals surface area contributed by atoms with Crippen LogP contribution >= 0.6 is 0 Å². The Morgan fingerprint density at radius 1 is 1.07 bits per heavy atom. The first kappa shape index (κ1) is 17.1. The van der Waals surface area contributed by atoms with Gasteiger partial charge in [0.2, 0.25) is 6.79 Å². The summed E-state index contributed by atoms with van der Waals surface area (Å²) in [4.78, 5) is 27.3. The summed E-state index contributed by atoms with van der Waals surface area (Å²) in [6.07, 6.45) is 3.68. The van der Waals surface area contributed by atoms with Gasteiger partial charge in [0.15, 0.2) is 23.9 Å². The fourth-order valence-corrected chi connectivity index (χ4v) is 3.13. The van der Waals surface area contributed by atoms with E-state index in [-0.39, 0.29) is 31.6 Å². The highest BCUT2D eigenvalue weighted by atomic mass is 16.7. The maximum absolute atomic E-state index is 12.2. The number of esters is 1. The topological polar surface area (TPSA) is 77.6 Å². The largest absolute Gasteiger partial charge is 0.457 e. The number of nitrogens with one attached hydrogen (secondary N) is 1. The van der Waals surface area contributed by atoms with Crippen molar-refractivity contribution in [3.8, 4) is 11.5 Å². The van der Waals surface area contributed by atoms with Crippen LogP contribution in [0.3, 0.4) is 0 Å². The van der Waals surface area contributed by atoms with Gasteiger partial charge in [0.1, 0.15) is 0 Å². The number of ether oxygens (including phenoxy) is 3. The molecular weight excluding hydrogens is 346 g/mol. The predicted octanol–water partition coefficient (Wildman–Crippen LogP) is 3.65. The van der Waals surface area contributed by atoms with Crippen molar-refractivity contribution in [2.45, 2.75) is 19.3 Å². The molecule has 0 saturated carbocycles. The van der Waals surface area contributed by atoms with Crippen molar-refractivity contribution in [2.24, 2.45) is 0 Å². The van der Waals surface area contributed by atoms with Gasteiger partial charge < -0.3 is 19.2 Å². The zero-order chi connectivity index (χ0) is 18.6. The summed E-state index contributed by atoms with van der Waals surface area (Å²) in [7, 11) is 0. The molecule has 27 heavy (non-hydrogen) atoms. The van der Waals surface area contributed by atoms with Gasteiger partial charge in [-0.1, -0.05) is 18.2 Å². The molecule has 138 valence electrons. The molecule has 3 aromatic rings. The zero-order valence-electron chi connectivity index (χ0n) is 14.7. The summed E-state index contributed by atoms with van der Waals surface area (Å²) in [6.45, 7) is -0.121. The number of aryl methyl sites for hydroxylation is 1. The Morgan fingerprint density at radius 3 is 2.85 bits per heavy atom. The molecule has 0 fully saturated rings. The molecule has 0 spiro atoms. The normalized spacial score (nSPS) is 12.3. The second kappa shape index (κ2) is 7.53. The van der Waals surface area contributed by atoms with Gasteiger partial charge in [0.25, 0.3) is 0 Å². The number of para-hydroxylation sites is 1. The van der Waals surface area contributed by atoms with Gasteiger partial charge in [-0.15, -0.1) is 0 Å². The first-order chi connectivity index (χ1) is 13.2. The smallest absolute Gasteiger partial charge is 0.306 e. The number of carbonyl (C=O) groups excluding carboxylic acids is 2. The molecule has 0 saturated heterocycles. The standard InChI is InChI=1S/C21H19NO5/c23-18(14-8-9-19-20(10-14)27-13-26-19)12-25-21(24)7-3-4-15-11-22-17-6-2-1-5-16(15)17/h1-2,5-6,8-11,22H,3-4,7,12-13H2. The maximum atomic E-state index is 12.2. The number of hydrogen-bond donors (Lipinski definition) is 1. The average Bonchev–Trinajstić information content (AvgIpc) is 3.32. The number of fused-ring (bicyclic) bond motifs is 2. The zero-order valence-corrected chi connectivity index (χ0v) is 14.7. The van der Waals surface area contributed by atoms with Crippen LogP contribution in [0.1, 0.15) is 28.8 Å². The van der Waals surface area contributed by atoms with E-state index in [0.29, 0.717) is 23.5 Å². The van der Waals surface area contributed by atoms with Gasteiger partial charge in [-0.05, 0) is 42.7 Å². The lowest BCUT2D eigenvalue weighted by molar-refractivity contribution is -0.142. The van der Waals surface area contributed by atoms with Crippen LogP contribution in [0.15, 0.2) is 48.7 Å². The minimum absolute atomic E-state index is 0.151. The van der Waals surface area contributed by atoms with Crippen molar-refractivity contribution in [3.05, 3.63) is 59.8 Å². The van der Waals surface area contributed by atoms with Crippen LogP contribution in [0.4, 0.5) is 0 Å². The highest BCUT2D eigenvalue weighted by Crippen LogP contribution is 2.32. The van der Waals surface area contributed by atoms with Crippen LogP contribution in [-0.2, 0) is 16.0 Å². The van der Waals surface area contributed by atoms with E-state index in [1.54, 1.807) is 18.2 Å². The Labute approximate surface area is 156 Å². The van der Waals surface area contributed by atoms with Crippen molar-refractivity contribution in [3.63, 3.8) is 0 Å². The second-order valence-corrected chi connectivity index (χ2v) is 6.36. The van der Waals surface area contributed by atoms with E-state index in [1.807, 2.05) is 24.4 Å². The number of H-pyrrole nitrogens is 1. The van der Waals surface area contributed by atoms with Crippen molar-refractivity contribution < 1.29 is 23.8 Å². The van der Waals surface area contributed by atoms with Crippen LogP contribution in [0.25, 0.3) is 10.9 Å². The molecule has 0 radical (unpaired) electrons. The summed E-state index contributed by atoms with van der Waals surface area (Å²) < 4.78 is 15.6. The number of aromatic nitrogens is 1. The Kier molecular flexibility index (Phi) is 4.78. The number of carbonyl (C=O) groups is 2. The second-order valence-electron chi connectivity index (χ2n) is 6.36. The van der Waals surface area contributed by atoms with E-state index >= 15 is 0 Å². The lowest BCUT2D eigenvalue weighted by atomic mass is 10.1. The lowest BCUT2D eigenvalue weighted by Gasteiger charge is -2.05. The van der Waals surface area contributed by atoms with Crippen LogP contribution in [0.5, 0.6) is 11.5 Å². The monoisotopic (exact) mass is 365 g/mol. The van der Waals surface area contributed by atoms with Gasteiger partial charge in [-0.25, -0.2) is 0 Å². The summed E-state index contributed by atoms with van der Waals surface area (Å²) in [5.74, 6) is 0.508. The van der Waals surface area contributed by atoms with Crippen molar-refractivity contribution in [1.29, 1.82) is 0 Å². The average molecular weight is 365 g/mol. The molecule has 6 heteroatoms. The molecule has 0 bridgehead atoms. The minimum atomic E-state index is -0.371. The SMILES string of the molecule is O=C(CCCc1c[nH]c2ccccc12)OCC(=O)c1ccc2c(c1)OCO2. The van der Waals surface area contributed by atoms with E-state index in [9.17, 15) is 9.59 Å². The predicted molar refractivity (Wildman–Crippen MR) is 99.1 cm³/mol. The van der Waals surface area contributed by atoms with Crippen molar-refractivity contribution >= 4 is 22.7 Å². The highest BCUT2D eigenvalue weighted by molar-refractivity contribution is 5.98. The lowest BCUT2D eigenvalue weighted by Crippen LogP contribution is -2.14. The fraction of sp³-hybridized carbons (Fsp3) is 0.238. The van der Waals surface area contributed by atoms with E-state index < -0.39 is 0 Å². The Bertz CT molecular complexity index is 991. The van der Waals surface area contributed by atoms with Crippen molar-refractivity contribution in [1.82, 2.24) is 4.98 Å². The highest BCUT2D eigenvalue weighted by Gasteiger charge is 2.17. The number of rotatable bonds is 7. The summed E-state index contributed by atoms with van der Waals surface area (Å²) >= 11 is 0. The third-order valence-corrected chi connectivity index (χ3v) is 4.56. The molecule has 1 N–H and O–H groups in total. The van der Waals surface area contributed by atoms with Crippen molar-refractivity contribution in [2.75, 3.05) is 13.4 Å². The van der Waals surface area contributed by atoms with Crippen LogP contribution in [-0.4, -0.2) is 30.1 Å². The van der Waals surface area contributed by atoms with Gasteiger partial charge in [0.05, 0.1) is 0 Å². The van der Waals surface area contributed by atoms with Crippen LogP contribution in [0.2, 0.25) is 0 Å². The Balaban J connectivity index is 1.24. The number of hydrogen-bond acceptors (Lipinski definition) is 5. The van der Waals surface area contributed by atoms with Gasteiger partial charge in [-0.3, -0.25) is 9.59 Å². The molecule has 2 heterocycles. The molecule has 4 rings (SSSR count). The molecular formula is C21H19NO5. The van der Waals surface area contributed by atoms with Gasteiger partial charge in [-0.2, -0.15) is 0 Å². The number of benzene rings is 2. The van der Waals surface area contributed by atoms with E-state index in [2.05, 4.69) is 11.1 Å². The summed E-state index contributed by atoms with van der Waals surface area (Å²) in [6, 6.07) is 13.0. The molecule has 0 atom stereocenters. The number of ketones is 1. The molecule has 6 nitrogen and oxygen atoms in total. The third kappa shape index (κ3) is 3.79. The molecule has 2 aromatic carbocycles. The molecule has 0 aliphatic carbocycles. The summed E-state index contributed by atoms with van der Waals surface area (Å²) in [5.41, 5.74) is 2.70. The molecule has 1 aromatic heterocycles. The number of aromatic amines is 1. The first-order valence-corrected chi connectivity index (χ1v) is 8.84. The van der Waals surface area contributed by atoms with Gasteiger partial charge >= 0.3 is 5.97 Å². The minimum Gasteiger partial charge on any atom is -0.457 e. The quantitative estimate of drug-likeness (QED) is 0.511. The molecule has 0 unspecified atom stereocenters. The Morgan fingerprint density at radius 2 is 1.93 bits per heavy atom. The van der Waals surface area contributed by atoms with E-state index in [1.165, 1.54) is 10.9 Å². The number of Topliss-reactive ketones (excluding diaryl/α,β-unsaturated/α-hetero) is 1. The van der Waals surface area contributed by atoms with E-state index in [4.69, 9.17) is 14.2 Å².